The molecule has 69 heavy (non-hydrogen) atoms. The Morgan fingerprint density at radius 3 is 2.12 bits per heavy atom. The molecular formula is C51H86N8O10. The van der Waals surface area contributed by atoms with Crippen LogP contribution in [0.2, 0.25) is 0 Å². The molecule has 1 aromatic rings. The van der Waals surface area contributed by atoms with Crippen LogP contribution in [-0.4, -0.2) is 170 Å². The number of nitrogens with zero attached hydrogens (tertiary/aromatic N) is 4. The van der Waals surface area contributed by atoms with Gasteiger partial charge in [-0.25, -0.2) is 4.79 Å². The molecule has 10 atom stereocenters. The highest BCUT2D eigenvalue weighted by Crippen LogP contribution is 2.30. The van der Waals surface area contributed by atoms with E-state index in [1.165, 1.54) is 11.9 Å². The van der Waals surface area contributed by atoms with Gasteiger partial charge in [-0.2, -0.15) is 0 Å². The number of methoxy groups -OCH3 is 2. The Balaban J connectivity index is 1.61. The van der Waals surface area contributed by atoms with Crippen molar-refractivity contribution in [1.29, 1.82) is 0 Å². The third-order valence-electron chi connectivity index (χ3n) is 13.9. The summed E-state index contributed by atoms with van der Waals surface area (Å²) in [7, 11) is 8.26. The number of carbonyl (C=O) groups is 7. The third-order valence-corrected chi connectivity index (χ3v) is 13.9. The van der Waals surface area contributed by atoms with Crippen LogP contribution < -0.4 is 21.3 Å². The van der Waals surface area contributed by atoms with Gasteiger partial charge in [-0.15, -0.1) is 0 Å². The third kappa shape index (κ3) is 16.7. The molecule has 0 aromatic heterocycles. The summed E-state index contributed by atoms with van der Waals surface area (Å²) in [4.78, 5) is 101. The zero-order valence-corrected chi connectivity index (χ0v) is 44.3. The quantitative estimate of drug-likeness (QED) is 0.119. The van der Waals surface area contributed by atoms with Crippen molar-refractivity contribution in [2.24, 2.45) is 17.8 Å². The lowest BCUT2D eigenvalue weighted by atomic mass is 9.89. The standard InChI is InChI=1S/C51H86N8O10/c1-16-32(4)43(58(13)49(65)42(31(2)3)55-48(64)39-23-17-18-27-56(39)11)40(67-14)30-41(60)59-28-20-24-38(59)44(68-15)33(5)45(61)52-26-25-36-21-19-22-37(29-36)54-46(62)34(6)53-47(63)35(7)57(12)50(66)69-51(8,9)10/h19,21-22,29,31-35,38-40,42-44H,16-18,20,23-28,30H2,1-15H3,(H,52,61)(H,53,63)(H,54,62)(H,55,64)/t32-,33+,34-,35-,38-,39-,40+,42-,43-,44+/m0/s1. The number of likely N-dealkylation sites (N-methyl/N-ethyl adjacent to an activating group) is 3. The molecule has 0 saturated carbocycles. The van der Waals surface area contributed by atoms with E-state index in [9.17, 15) is 33.6 Å². The normalized spacial score (nSPS) is 20.0. The van der Waals surface area contributed by atoms with Gasteiger partial charge in [0.15, 0.2) is 0 Å². The Morgan fingerprint density at radius 2 is 1.52 bits per heavy atom. The molecule has 3 rings (SSSR count). The van der Waals surface area contributed by atoms with Crippen molar-refractivity contribution in [3.05, 3.63) is 29.8 Å². The SMILES string of the molecule is CC[C@H](C)[C@@H]([C@@H](CC(=O)N1CCC[C@H]1[C@H](OC)[C@@H](C)C(=O)NCCc1cccc(NC(=O)[C@H](C)NC(=O)[C@H](C)N(C)C(=O)OC(C)(C)C)c1)OC)N(C)C(=O)[C@@H](NC(=O)[C@@H]1CCCCN1C)C(C)C. The van der Waals surface area contributed by atoms with Crippen LogP contribution in [0, 0.1) is 17.8 Å². The summed E-state index contributed by atoms with van der Waals surface area (Å²) in [6.45, 7) is 19.7. The van der Waals surface area contributed by atoms with Crippen molar-refractivity contribution in [3.8, 4) is 0 Å². The minimum atomic E-state index is -0.908. The molecule has 7 amide bonds. The molecule has 2 aliphatic heterocycles. The molecule has 390 valence electrons. The number of hydrogen-bond donors (Lipinski definition) is 4. The van der Waals surface area contributed by atoms with E-state index in [-0.39, 0.29) is 54.0 Å². The van der Waals surface area contributed by atoms with Gasteiger partial charge in [0, 0.05) is 47.1 Å². The molecule has 0 radical (unpaired) electrons. The average Bonchev–Trinajstić information content (AvgIpc) is 3.79. The second-order valence-electron chi connectivity index (χ2n) is 20.5. The van der Waals surface area contributed by atoms with Gasteiger partial charge in [0.05, 0.1) is 42.7 Å². The summed E-state index contributed by atoms with van der Waals surface area (Å²) in [6, 6.07) is 3.56. The number of nitrogens with one attached hydrogen (secondary N) is 4. The topological polar surface area (TPSA) is 208 Å². The maximum atomic E-state index is 14.3. The van der Waals surface area contributed by atoms with Crippen molar-refractivity contribution < 1.29 is 47.8 Å². The fourth-order valence-electron chi connectivity index (χ4n) is 9.31. The van der Waals surface area contributed by atoms with Gasteiger partial charge in [-0.3, -0.25) is 38.6 Å². The van der Waals surface area contributed by atoms with Crippen molar-refractivity contribution in [2.45, 2.75) is 175 Å². The number of amides is 7. The fraction of sp³-hybridized carbons (Fsp3) is 0.745. The van der Waals surface area contributed by atoms with Gasteiger partial charge in [-0.1, -0.05) is 59.6 Å². The molecule has 0 bridgehead atoms. The zero-order chi connectivity index (χ0) is 51.9. The Hall–Kier alpha value is -4.81. The van der Waals surface area contributed by atoms with E-state index < -0.39 is 65.8 Å². The highest BCUT2D eigenvalue weighted by molar-refractivity contribution is 5.98. The molecule has 2 aliphatic rings. The number of ether oxygens (including phenoxy) is 3. The van der Waals surface area contributed by atoms with Crippen LogP contribution in [0.25, 0.3) is 0 Å². The molecule has 2 saturated heterocycles. The predicted octanol–water partition coefficient (Wildman–Crippen LogP) is 4.59. The second kappa shape index (κ2) is 27.0. The summed E-state index contributed by atoms with van der Waals surface area (Å²) < 4.78 is 17.4. The first-order valence-corrected chi connectivity index (χ1v) is 24.9. The summed E-state index contributed by atoms with van der Waals surface area (Å²) in [5, 5.41) is 11.6. The van der Waals surface area contributed by atoms with Crippen LogP contribution in [0.4, 0.5) is 10.5 Å². The van der Waals surface area contributed by atoms with Crippen molar-refractivity contribution >= 4 is 47.2 Å². The largest absolute Gasteiger partial charge is 0.444 e. The molecule has 2 fully saturated rings. The van der Waals surface area contributed by atoms with Crippen LogP contribution in [0.3, 0.4) is 0 Å². The first-order chi connectivity index (χ1) is 32.4. The number of rotatable bonds is 23. The number of piperidine rings is 1. The van der Waals surface area contributed by atoms with E-state index in [4.69, 9.17) is 14.2 Å². The smallest absolute Gasteiger partial charge is 0.410 e. The van der Waals surface area contributed by atoms with Gasteiger partial charge in [0.1, 0.15) is 23.7 Å². The fourth-order valence-corrected chi connectivity index (χ4v) is 9.31. The van der Waals surface area contributed by atoms with E-state index in [0.29, 0.717) is 31.6 Å². The number of likely N-dealkylation sites (tertiary alicyclic amines) is 2. The van der Waals surface area contributed by atoms with E-state index in [1.807, 2.05) is 45.7 Å². The Morgan fingerprint density at radius 1 is 0.841 bits per heavy atom. The Kier molecular flexibility index (Phi) is 22.9. The predicted molar refractivity (Wildman–Crippen MR) is 266 cm³/mol. The second-order valence-corrected chi connectivity index (χ2v) is 20.5. The molecule has 18 nitrogen and oxygen atoms in total. The van der Waals surface area contributed by atoms with Crippen molar-refractivity contribution in [1.82, 2.24) is 35.6 Å². The van der Waals surface area contributed by atoms with Gasteiger partial charge < -0.3 is 45.3 Å². The molecule has 2 heterocycles. The highest BCUT2D eigenvalue weighted by Gasteiger charge is 2.43. The molecule has 1 aromatic carbocycles. The van der Waals surface area contributed by atoms with E-state index in [0.717, 1.165) is 44.2 Å². The van der Waals surface area contributed by atoms with Gasteiger partial charge in [-0.05, 0) is 110 Å². The number of anilines is 1. The summed E-state index contributed by atoms with van der Waals surface area (Å²) in [6.07, 6.45) is 3.47. The Labute approximate surface area is 412 Å². The molecule has 0 spiro atoms. The molecule has 18 heteroatoms. The minimum Gasteiger partial charge on any atom is -0.444 e. The van der Waals surface area contributed by atoms with Crippen LogP contribution >= 0.6 is 0 Å². The first kappa shape index (κ1) is 58.5. The average molecular weight is 971 g/mol. The molecular weight excluding hydrogens is 885 g/mol. The summed E-state index contributed by atoms with van der Waals surface area (Å²) in [5.41, 5.74) is 0.639. The van der Waals surface area contributed by atoms with Crippen molar-refractivity contribution in [3.63, 3.8) is 0 Å². The number of carbonyl (C=O) groups excluding carboxylic acids is 7. The maximum Gasteiger partial charge on any atom is 0.410 e. The maximum absolute atomic E-state index is 14.3. The van der Waals surface area contributed by atoms with Crippen LogP contribution in [-0.2, 0) is 49.4 Å². The summed E-state index contributed by atoms with van der Waals surface area (Å²) >= 11 is 0. The van der Waals surface area contributed by atoms with Crippen molar-refractivity contribution in [2.75, 3.05) is 60.3 Å². The van der Waals surface area contributed by atoms with E-state index in [1.54, 1.807) is 90.8 Å². The monoisotopic (exact) mass is 971 g/mol. The van der Waals surface area contributed by atoms with Crippen LogP contribution in [0.15, 0.2) is 24.3 Å². The van der Waals surface area contributed by atoms with E-state index in [2.05, 4.69) is 21.3 Å². The minimum absolute atomic E-state index is 0.0158. The van der Waals surface area contributed by atoms with Gasteiger partial charge >= 0.3 is 6.09 Å². The number of benzene rings is 1. The van der Waals surface area contributed by atoms with Crippen LogP contribution in [0.5, 0.6) is 0 Å². The lowest BCUT2D eigenvalue weighted by Gasteiger charge is -2.41. The van der Waals surface area contributed by atoms with Gasteiger partial charge in [0.25, 0.3) is 0 Å². The molecule has 4 N–H and O–H groups in total. The van der Waals surface area contributed by atoms with E-state index >= 15 is 0 Å². The number of hydrogen-bond acceptors (Lipinski definition) is 11. The van der Waals surface area contributed by atoms with Crippen LogP contribution in [0.1, 0.15) is 120 Å². The Bertz CT molecular complexity index is 1890. The molecule has 0 aliphatic carbocycles. The lowest BCUT2D eigenvalue weighted by Crippen LogP contribution is -2.59. The van der Waals surface area contributed by atoms with Gasteiger partial charge in [0.2, 0.25) is 35.4 Å². The highest BCUT2D eigenvalue weighted by atomic mass is 16.6. The first-order valence-electron chi connectivity index (χ1n) is 24.9. The lowest BCUT2D eigenvalue weighted by molar-refractivity contribution is -0.148. The molecule has 0 unspecified atom stereocenters. The zero-order valence-electron chi connectivity index (χ0n) is 44.3. The summed E-state index contributed by atoms with van der Waals surface area (Å²) in [5.74, 6) is -2.51.